The molecule has 0 saturated heterocycles. The molecule has 0 fully saturated rings. The second-order valence-electron chi connectivity index (χ2n) is 5.44. The van der Waals surface area contributed by atoms with Gasteiger partial charge in [0.25, 0.3) is 5.69 Å². The Morgan fingerprint density at radius 1 is 1.36 bits per heavy atom. The summed E-state index contributed by atoms with van der Waals surface area (Å²) in [5.74, 6) is -0.315. The van der Waals surface area contributed by atoms with Crippen molar-refractivity contribution >= 4 is 38.9 Å². The topological polar surface area (TPSA) is 99.3 Å². The first-order valence-corrected chi connectivity index (χ1v) is 8.07. The number of carbonyl (C=O) groups excluding carboxylic acids is 1. The van der Waals surface area contributed by atoms with Gasteiger partial charge < -0.3 is 10.2 Å². The van der Waals surface area contributed by atoms with Crippen LogP contribution in [0.15, 0.2) is 40.9 Å². The van der Waals surface area contributed by atoms with Crippen LogP contribution >= 0.6 is 15.9 Å². The van der Waals surface area contributed by atoms with E-state index in [1.165, 1.54) is 23.1 Å². The second-order valence-corrected chi connectivity index (χ2v) is 6.35. The van der Waals surface area contributed by atoms with E-state index in [2.05, 4.69) is 21.2 Å². The van der Waals surface area contributed by atoms with Crippen LogP contribution in [0.25, 0.3) is 0 Å². The minimum Gasteiger partial charge on any atom is -0.360 e. The third kappa shape index (κ3) is 4.55. The van der Waals surface area contributed by atoms with E-state index in [9.17, 15) is 14.9 Å². The Labute approximate surface area is 153 Å². The van der Waals surface area contributed by atoms with Gasteiger partial charge >= 0.3 is 0 Å². The Morgan fingerprint density at radius 3 is 2.68 bits per heavy atom. The summed E-state index contributed by atoms with van der Waals surface area (Å²) in [6.45, 7) is 1.77. The van der Waals surface area contributed by atoms with Crippen LogP contribution in [-0.2, 0) is 4.79 Å². The van der Waals surface area contributed by atoms with Crippen LogP contribution in [0.5, 0.6) is 0 Å². The number of amides is 1. The highest BCUT2D eigenvalue weighted by Crippen LogP contribution is 2.28. The minimum absolute atomic E-state index is 0.0920. The van der Waals surface area contributed by atoms with Gasteiger partial charge in [-0.25, -0.2) is 0 Å². The van der Waals surface area contributed by atoms with Crippen LogP contribution in [0.4, 0.5) is 17.1 Å². The first kappa shape index (κ1) is 18.4. The molecule has 128 valence electrons. The fraction of sp³-hybridized carbons (Fsp3) is 0.176. The van der Waals surface area contributed by atoms with Gasteiger partial charge in [-0.2, -0.15) is 5.26 Å². The number of anilines is 2. The van der Waals surface area contributed by atoms with Crippen molar-refractivity contribution in [1.82, 2.24) is 0 Å². The lowest BCUT2D eigenvalue weighted by Gasteiger charge is -2.19. The predicted molar refractivity (Wildman–Crippen MR) is 98.6 cm³/mol. The molecule has 0 aliphatic carbocycles. The zero-order chi connectivity index (χ0) is 18.6. The number of benzene rings is 2. The molecule has 1 N–H and O–H groups in total. The molecule has 0 spiro atoms. The van der Waals surface area contributed by atoms with E-state index in [0.717, 1.165) is 10.0 Å². The number of likely N-dealkylation sites (N-methyl/N-ethyl adjacent to an activating group) is 1. The highest BCUT2D eigenvalue weighted by Gasteiger charge is 2.19. The van der Waals surface area contributed by atoms with Crippen LogP contribution in [0.3, 0.4) is 0 Å². The summed E-state index contributed by atoms with van der Waals surface area (Å²) in [7, 11) is 1.57. The van der Waals surface area contributed by atoms with E-state index in [1.54, 1.807) is 13.1 Å². The lowest BCUT2D eigenvalue weighted by Crippen LogP contribution is -2.30. The van der Waals surface area contributed by atoms with Crippen molar-refractivity contribution in [3.8, 4) is 6.07 Å². The summed E-state index contributed by atoms with van der Waals surface area (Å²) in [4.78, 5) is 24.3. The van der Waals surface area contributed by atoms with Gasteiger partial charge in [0, 0.05) is 23.3 Å². The molecule has 0 heterocycles. The van der Waals surface area contributed by atoms with Crippen LogP contribution in [0, 0.1) is 28.4 Å². The molecule has 0 unspecified atom stereocenters. The highest BCUT2D eigenvalue weighted by molar-refractivity contribution is 9.10. The molecule has 0 atom stereocenters. The molecule has 0 bridgehead atoms. The molecular formula is C17H15BrN4O3. The van der Waals surface area contributed by atoms with Crippen molar-refractivity contribution < 1.29 is 9.72 Å². The first-order valence-electron chi connectivity index (χ1n) is 7.27. The average molecular weight is 403 g/mol. The number of halogens is 1. The lowest BCUT2D eigenvalue weighted by atomic mass is 10.1. The number of nitrogens with zero attached hydrogens (tertiary/aromatic N) is 3. The molecule has 2 aromatic rings. The second kappa shape index (κ2) is 7.77. The van der Waals surface area contributed by atoms with Gasteiger partial charge in [0.05, 0.1) is 23.1 Å². The summed E-state index contributed by atoms with van der Waals surface area (Å²) < 4.78 is 0.907. The van der Waals surface area contributed by atoms with Crippen LogP contribution in [0.2, 0.25) is 0 Å². The molecule has 25 heavy (non-hydrogen) atoms. The van der Waals surface area contributed by atoms with Gasteiger partial charge in [0.15, 0.2) is 0 Å². The van der Waals surface area contributed by atoms with Gasteiger partial charge in [-0.3, -0.25) is 14.9 Å². The molecule has 2 rings (SSSR count). The molecule has 1 amide bonds. The van der Waals surface area contributed by atoms with Crippen molar-refractivity contribution in [2.45, 2.75) is 6.92 Å². The van der Waals surface area contributed by atoms with Crippen molar-refractivity contribution in [1.29, 1.82) is 5.26 Å². The zero-order valence-electron chi connectivity index (χ0n) is 13.6. The molecule has 0 aliphatic rings. The number of aryl methyl sites for hydroxylation is 1. The number of nitrogens with one attached hydrogen (secondary N) is 1. The Kier molecular flexibility index (Phi) is 5.72. The Balaban J connectivity index is 2.18. The standard InChI is InChI=1S/C17H15BrN4O3/c1-11-7-13(18)4-5-14(11)20-17(23)10-21(2)16-8-12(9-19)3-6-15(16)22(24)25/h3-8H,10H2,1-2H3,(H,20,23). The molecule has 2 aromatic carbocycles. The number of nitro benzene ring substituents is 1. The summed E-state index contributed by atoms with van der Waals surface area (Å²) in [5, 5.41) is 22.9. The molecular weight excluding hydrogens is 388 g/mol. The maximum Gasteiger partial charge on any atom is 0.292 e. The molecule has 0 saturated carbocycles. The molecule has 0 radical (unpaired) electrons. The van der Waals surface area contributed by atoms with Gasteiger partial charge in [-0.1, -0.05) is 15.9 Å². The third-order valence-electron chi connectivity index (χ3n) is 3.56. The first-order chi connectivity index (χ1) is 11.8. The number of hydrogen-bond acceptors (Lipinski definition) is 5. The monoisotopic (exact) mass is 402 g/mol. The summed E-state index contributed by atoms with van der Waals surface area (Å²) >= 11 is 3.36. The van der Waals surface area contributed by atoms with Crippen molar-refractivity contribution in [3.05, 3.63) is 62.1 Å². The quantitative estimate of drug-likeness (QED) is 0.607. The van der Waals surface area contributed by atoms with Gasteiger partial charge in [0.2, 0.25) is 5.91 Å². The SMILES string of the molecule is Cc1cc(Br)ccc1NC(=O)CN(C)c1cc(C#N)ccc1[N+](=O)[O-]. The van der Waals surface area contributed by atoms with E-state index in [-0.39, 0.29) is 29.4 Å². The van der Waals surface area contributed by atoms with Crippen LogP contribution in [0.1, 0.15) is 11.1 Å². The largest absolute Gasteiger partial charge is 0.360 e. The fourth-order valence-electron chi connectivity index (χ4n) is 2.31. The molecule has 8 heteroatoms. The smallest absolute Gasteiger partial charge is 0.292 e. The summed E-state index contributed by atoms with van der Waals surface area (Å²) in [5.41, 5.74) is 1.90. The van der Waals surface area contributed by atoms with E-state index >= 15 is 0 Å². The van der Waals surface area contributed by atoms with Crippen LogP contribution < -0.4 is 10.2 Å². The van der Waals surface area contributed by atoms with Crippen LogP contribution in [-0.4, -0.2) is 24.4 Å². The number of nitro groups is 1. The Morgan fingerprint density at radius 2 is 2.08 bits per heavy atom. The van der Waals surface area contributed by atoms with E-state index in [0.29, 0.717) is 5.69 Å². The van der Waals surface area contributed by atoms with Crippen molar-refractivity contribution in [3.63, 3.8) is 0 Å². The normalized spacial score (nSPS) is 10.0. The maximum atomic E-state index is 12.3. The molecule has 7 nitrogen and oxygen atoms in total. The average Bonchev–Trinajstić information content (AvgIpc) is 2.56. The highest BCUT2D eigenvalue weighted by atomic mass is 79.9. The van der Waals surface area contributed by atoms with Gasteiger partial charge in [-0.05, 0) is 42.8 Å². The van der Waals surface area contributed by atoms with Gasteiger partial charge in [0.1, 0.15) is 5.69 Å². The Hall–Kier alpha value is -2.92. The predicted octanol–water partition coefficient (Wildman–Crippen LogP) is 3.61. The van der Waals surface area contributed by atoms with E-state index in [1.807, 2.05) is 25.1 Å². The van der Waals surface area contributed by atoms with Crippen molar-refractivity contribution in [2.24, 2.45) is 0 Å². The lowest BCUT2D eigenvalue weighted by molar-refractivity contribution is -0.384. The van der Waals surface area contributed by atoms with Crippen molar-refractivity contribution in [2.75, 3.05) is 23.8 Å². The maximum absolute atomic E-state index is 12.3. The Bertz CT molecular complexity index is 877. The summed E-state index contributed by atoms with van der Waals surface area (Å²) in [6, 6.07) is 11.4. The zero-order valence-corrected chi connectivity index (χ0v) is 15.2. The number of rotatable bonds is 5. The molecule has 0 aromatic heterocycles. The fourth-order valence-corrected chi connectivity index (χ4v) is 2.79. The number of hydrogen-bond donors (Lipinski definition) is 1. The number of carbonyl (C=O) groups is 1. The molecule has 0 aliphatic heterocycles. The van der Waals surface area contributed by atoms with E-state index < -0.39 is 4.92 Å². The minimum atomic E-state index is -0.538. The third-order valence-corrected chi connectivity index (χ3v) is 4.05. The summed E-state index contributed by atoms with van der Waals surface area (Å²) in [6.07, 6.45) is 0. The van der Waals surface area contributed by atoms with Gasteiger partial charge in [-0.15, -0.1) is 0 Å². The number of nitriles is 1. The van der Waals surface area contributed by atoms with E-state index in [4.69, 9.17) is 5.26 Å².